The highest BCUT2D eigenvalue weighted by atomic mass is 14.9. The van der Waals surface area contributed by atoms with Gasteiger partial charge in [0, 0.05) is 0 Å². The second kappa shape index (κ2) is 0.741. The van der Waals surface area contributed by atoms with Crippen LogP contribution in [-0.2, 0) is 0 Å². The summed E-state index contributed by atoms with van der Waals surface area (Å²) in [5, 5.41) is 0. The molecular formula is C9H12. The second-order valence-corrected chi connectivity index (χ2v) is 4.92. The first kappa shape index (κ1) is 4.00. The molecule has 0 aromatic carbocycles. The molecule has 0 spiro atoms. The van der Waals surface area contributed by atoms with E-state index in [-0.39, 0.29) is 0 Å². The van der Waals surface area contributed by atoms with E-state index in [0.717, 1.165) is 5.41 Å². The average molecular weight is 120 g/mol. The summed E-state index contributed by atoms with van der Waals surface area (Å²) in [6.45, 7) is 2.54. The summed E-state index contributed by atoms with van der Waals surface area (Å²) in [5.41, 5.74) is 0.938. The first-order chi connectivity index (χ1) is 4.33. The minimum absolute atomic E-state index is 0.938. The standard InChI is InChI=1S/C9H12/c1-9-6-3-4(6)2-5-7(9)8(5)9/h4-8H,2-3H2,1H3/t4-,5?,6+,7+,8+,9?/m0/s1. The molecular weight excluding hydrogens is 108 g/mol. The minimum atomic E-state index is 0.938. The fourth-order valence-electron chi connectivity index (χ4n) is 4.19. The SMILES string of the molecule is CC12[C@@H]3C[C@@H]3CC3[C@@H]1[C@@H]32. The fourth-order valence-corrected chi connectivity index (χ4v) is 4.19. The summed E-state index contributed by atoms with van der Waals surface area (Å²) >= 11 is 0. The van der Waals surface area contributed by atoms with Gasteiger partial charge in [-0.15, -0.1) is 0 Å². The van der Waals surface area contributed by atoms with Crippen molar-refractivity contribution in [3.8, 4) is 0 Å². The van der Waals surface area contributed by atoms with E-state index in [9.17, 15) is 0 Å². The quantitative estimate of drug-likeness (QED) is 0.458. The van der Waals surface area contributed by atoms with Crippen molar-refractivity contribution in [1.82, 2.24) is 0 Å². The molecule has 2 bridgehead atoms. The lowest BCUT2D eigenvalue weighted by atomic mass is 9.77. The van der Waals surface area contributed by atoms with Crippen LogP contribution in [0.25, 0.3) is 0 Å². The highest BCUT2D eigenvalue weighted by Gasteiger charge is 2.88. The Labute approximate surface area is 55.6 Å². The van der Waals surface area contributed by atoms with Gasteiger partial charge in [-0.25, -0.2) is 0 Å². The fraction of sp³-hybridized carbons (Fsp3) is 1.00. The Balaban J connectivity index is 1.88. The minimum Gasteiger partial charge on any atom is -0.0588 e. The van der Waals surface area contributed by atoms with Gasteiger partial charge in [0.25, 0.3) is 0 Å². The van der Waals surface area contributed by atoms with Crippen molar-refractivity contribution in [2.75, 3.05) is 0 Å². The first-order valence-electron chi connectivity index (χ1n) is 4.33. The van der Waals surface area contributed by atoms with E-state index in [4.69, 9.17) is 0 Å². The van der Waals surface area contributed by atoms with Crippen molar-refractivity contribution in [1.29, 1.82) is 0 Å². The van der Waals surface area contributed by atoms with Crippen LogP contribution in [0.3, 0.4) is 0 Å². The maximum absolute atomic E-state index is 2.54. The van der Waals surface area contributed by atoms with Gasteiger partial charge < -0.3 is 0 Å². The van der Waals surface area contributed by atoms with E-state index in [2.05, 4.69) is 6.92 Å². The van der Waals surface area contributed by atoms with Gasteiger partial charge in [0.2, 0.25) is 0 Å². The van der Waals surface area contributed by atoms with Crippen molar-refractivity contribution >= 4 is 0 Å². The lowest BCUT2D eigenvalue weighted by Gasteiger charge is -2.27. The predicted octanol–water partition coefficient (Wildman–Crippen LogP) is 1.91. The van der Waals surface area contributed by atoms with Crippen molar-refractivity contribution in [3.05, 3.63) is 0 Å². The zero-order chi connectivity index (χ0) is 5.80. The molecule has 0 heteroatoms. The van der Waals surface area contributed by atoms with Gasteiger partial charge in [-0.3, -0.25) is 0 Å². The molecule has 5 aliphatic carbocycles. The lowest BCUT2D eigenvalue weighted by molar-refractivity contribution is 0.205. The monoisotopic (exact) mass is 120 g/mol. The molecule has 0 heterocycles. The maximum atomic E-state index is 2.54. The van der Waals surface area contributed by atoms with Crippen LogP contribution in [0, 0.1) is 35.0 Å². The van der Waals surface area contributed by atoms with Crippen molar-refractivity contribution < 1.29 is 0 Å². The molecule has 0 aliphatic heterocycles. The molecule has 5 saturated carbocycles. The van der Waals surface area contributed by atoms with Crippen LogP contribution < -0.4 is 0 Å². The summed E-state index contributed by atoms with van der Waals surface area (Å²) in [6, 6.07) is 0. The third-order valence-electron chi connectivity index (χ3n) is 4.79. The van der Waals surface area contributed by atoms with Gasteiger partial charge in [-0.2, -0.15) is 0 Å². The number of rotatable bonds is 0. The van der Waals surface area contributed by atoms with E-state index >= 15 is 0 Å². The maximum Gasteiger partial charge on any atom is -0.0227 e. The largest absolute Gasteiger partial charge is 0.0588 e. The van der Waals surface area contributed by atoms with Crippen molar-refractivity contribution in [3.63, 3.8) is 0 Å². The third kappa shape index (κ3) is 0.222. The Kier molecular flexibility index (Phi) is 0.329. The molecule has 4 atom stereocenters. The van der Waals surface area contributed by atoms with Gasteiger partial charge >= 0.3 is 0 Å². The highest BCUT2D eigenvalue weighted by Crippen LogP contribution is 2.93. The Morgan fingerprint density at radius 3 is 2.67 bits per heavy atom. The van der Waals surface area contributed by atoms with Gasteiger partial charge in [0.1, 0.15) is 0 Å². The van der Waals surface area contributed by atoms with Crippen LogP contribution in [-0.4, -0.2) is 0 Å². The summed E-state index contributed by atoms with van der Waals surface area (Å²) < 4.78 is 0. The Morgan fingerprint density at radius 1 is 1.22 bits per heavy atom. The van der Waals surface area contributed by atoms with Crippen LogP contribution in [0.5, 0.6) is 0 Å². The van der Waals surface area contributed by atoms with Gasteiger partial charge in [0.05, 0.1) is 0 Å². The topological polar surface area (TPSA) is 0 Å². The molecule has 48 valence electrons. The van der Waals surface area contributed by atoms with E-state index < -0.39 is 0 Å². The summed E-state index contributed by atoms with van der Waals surface area (Å²) in [6.07, 6.45) is 3.25. The van der Waals surface area contributed by atoms with E-state index in [1.54, 1.807) is 12.8 Å². The van der Waals surface area contributed by atoms with Crippen LogP contribution >= 0.6 is 0 Å². The van der Waals surface area contributed by atoms with Crippen LogP contribution in [0.15, 0.2) is 0 Å². The van der Waals surface area contributed by atoms with Gasteiger partial charge in [0.15, 0.2) is 0 Å². The Morgan fingerprint density at radius 2 is 2.00 bits per heavy atom. The van der Waals surface area contributed by atoms with Crippen LogP contribution in [0.4, 0.5) is 0 Å². The molecule has 0 unspecified atom stereocenters. The summed E-state index contributed by atoms with van der Waals surface area (Å²) in [4.78, 5) is 0. The molecule has 0 nitrogen and oxygen atoms in total. The van der Waals surface area contributed by atoms with Gasteiger partial charge in [-0.05, 0) is 47.8 Å². The molecule has 0 radical (unpaired) electrons. The molecule has 9 heavy (non-hydrogen) atoms. The van der Waals surface area contributed by atoms with E-state index in [0.29, 0.717) is 0 Å². The summed E-state index contributed by atoms with van der Waals surface area (Å²) in [5.74, 6) is 6.19. The second-order valence-electron chi connectivity index (χ2n) is 4.92. The first-order valence-corrected chi connectivity index (χ1v) is 4.33. The van der Waals surface area contributed by atoms with Crippen LogP contribution in [0.2, 0.25) is 0 Å². The average Bonchev–Trinajstić information content (AvgIpc) is 2.61. The summed E-state index contributed by atoms with van der Waals surface area (Å²) in [7, 11) is 0. The third-order valence-corrected chi connectivity index (χ3v) is 4.79. The smallest absolute Gasteiger partial charge is 0.0227 e. The zero-order valence-corrected chi connectivity index (χ0v) is 5.80. The molecule has 0 amide bonds. The highest BCUT2D eigenvalue weighted by molar-refractivity contribution is 5.35. The van der Waals surface area contributed by atoms with Crippen LogP contribution in [0.1, 0.15) is 19.8 Å². The molecule has 5 fully saturated rings. The lowest BCUT2D eigenvalue weighted by Crippen LogP contribution is -2.22. The number of hydrogen-bond donors (Lipinski definition) is 0. The Bertz CT molecular complexity index is 196. The molecule has 0 saturated heterocycles. The molecule has 0 N–H and O–H groups in total. The van der Waals surface area contributed by atoms with Crippen molar-refractivity contribution in [2.45, 2.75) is 19.8 Å². The molecule has 5 aliphatic rings. The zero-order valence-electron chi connectivity index (χ0n) is 5.80. The van der Waals surface area contributed by atoms with E-state index in [1.807, 2.05) is 0 Å². The normalized spacial score (nSPS) is 87.0. The molecule has 0 aromatic heterocycles. The Hall–Kier alpha value is 0. The number of hydrogen-bond acceptors (Lipinski definition) is 0. The van der Waals surface area contributed by atoms with Crippen molar-refractivity contribution in [2.24, 2.45) is 35.0 Å². The molecule has 0 aromatic rings. The molecule has 5 rings (SSSR count). The van der Waals surface area contributed by atoms with E-state index in [1.165, 1.54) is 29.6 Å². The predicted molar refractivity (Wildman–Crippen MR) is 34.8 cm³/mol. The van der Waals surface area contributed by atoms with Gasteiger partial charge in [-0.1, -0.05) is 6.92 Å².